The van der Waals surface area contributed by atoms with Crippen LogP contribution in [0.4, 0.5) is 5.69 Å². The maximum absolute atomic E-state index is 12.6. The number of nitrogens with one attached hydrogen (secondary N) is 1. The quantitative estimate of drug-likeness (QED) is 0.562. The third kappa shape index (κ3) is 5.57. The molecule has 1 amide bonds. The van der Waals surface area contributed by atoms with Gasteiger partial charge in [-0.2, -0.15) is 9.78 Å². The molecule has 160 valence electrons. The Labute approximate surface area is 179 Å². The van der Waals surface area contributed by atoms with Crippen molar-refractivity contribution in [1.82, 2.24) is 9.78 Å². The van der Waals surface area contributed by atoms with Crippen molar-refractivity contribution in [3.8, 4) is 11.4 Å². The minimum Gasteiger partial charge on any atom is -0.494 e. The second kappa shape index (κ2) is 10.2. The molecule has 0 fully saturated rings. The third-order valence-electron chi connectivity index (χ3n) is 4.27. The number of benzene rings is 2. The predicted octanol–water partition coefficient (Wildman–Crippen LogP) is 2.99. The molecule has 0 saturated carbocycles. The van der Waals surface area contributed by atoms with Crippen molar-refractivity contribution in [3.63, 3.8) is 0 Å². The summed E-state index contributed by atoms with van der Waals surface area (Å²) in [7, 11) is 0. The number of para-hydroxylation sites is 1. The highest BCUT2D eigenvalue weighted by molar-refractivity contribution is 6.00. The van der Waals surface area contributed by atoms with Crippen molar-refractivity contribution in [2.45, 2.75) is 20.3 Å². The summed E-state index contributed by atoms with van der Waals surface area (Å²) in [6, 6.07) is 17.0. The van der Waals surface area contributed by atoms with E-state index in [1.165, 1.54) is 6.07 Å². The average molecular weight is 421 g/mol. The highest BCUT2D eigenvalue weighted by atomic mass is 16.5. The monoisotopic (exact) mass is 421 g/mol. The summed E-state index contributed by atoms with van der Waals surface area (Å²) >= 11 is 0. The van der Waals surface area contributed by atoms with Gasteiger partial charge >= 0.3 is 5.97 Å². The number of aromatic nitrogens is 2. The number of hydrogen-bond acceptors (Lipinski definition) is 6. The largest absolute Gasteiger partial charge is 0.494 e. The van der Waals surface area contributed by atoms with Gasteiger partial charge < -0.3 is 14.8 Å². The van der Waals surface area contributed by atoms with E-state index in [9.17, 15) is 14.4 Å². The summed E-state index contributed by atoms with van der Waals surface area (Å²) in [6.07, 6.45) is 0.0520. The minimum atomic E-state index is -0.733. The van der Waals surface area contributed by atoms with Crippen molar-refractivity contribution >= 4 is 17.6 Å². The number of esters is 1. The first-order valence-electron chi connectivity index (χ1n) is 9.90. The first kappa shape index (κ1) is 21.8. The van der Waals surface area contributed by atoms with Gasteiger partial charge in [-0.3, -0.25) is 9.59 Å². The molecule has 1 heterocycles. The fourth-order valence-corrected chi connectivity index (χ4v) is 2.91. The van der Waals surface area contributed by atoms with Crippen LogP contribution >= 0.6 is 0 Å². The van der Waals surface area contributed by atoms with Crippen LogP contribution in [0, 0.1) is 0 Å². The van der Waals surface area contributed by atoms with Gasteiger partial charge in [0.25, 0.3) is 5.56 Å². The molecular formula is C23H23N3O5. The number of ether oxygens (including phenoxy) is 2. The van der Waals surface area contributed by atoms with E-state index in [-0.39, 0.29) is 24.4 Å². The molecule has 1 N–H and O–H groups in total. The summed E-state index contributed by atoms with van der Waals surface area (Å²) in [4.78, 5) is 37.6. The topological polar surface area (TPSA) is 99.5 Å². The molecule has 3 rings (SSSR count). The van der Waals surface area contributed by atoms with E-state index < -0.39 is 17.4 Å². The maximum atomic E-state index is 12.6. The van der Waals surface area contributed by atoms with Gasteiger partial charge in [0.05, 0.1) is 31.0 Å². The van der Waals surface area contributed by atoms with Crippen molar-refractivity contribution in [1.29, 1.82) is 0 Å². The Kier molecular flexibility index (Phi) is 7.16. The zero-order valence-corrected chi connectivity index (χ0v) is 17.3. The number of carbonyl (C=O) groups is 2. The number of nitrogens with zero attached hydrogens (tertiary/aromatic N) is 2. The van der Waals surface area contributed by atoms with Crippen LogP contribution in [0.3, 0.4) is 0 Å². The summed E-state index contributed by atoms with van der Waals surface area (Å²) in [5, 5.41) is 6.76. The summed E-state index contributed by atoms with van der Waals surface area (Å²) < 4.78 is 11.5. The zero-order chi connectivity index (χ0) is 22.2. The fourth-order valence-electron chi connectivity index (χ4n) is 2.91. The molecule has 8 heteroatoms. The molecule has 0 aliphatic rings. The molecule has 2 aromatic carbocycles. The molecule has 1 aromatic heterocycles. The van der Waals surface area contributed by atoms with E-state index in [0.717, 1.165) is 10.2 Å². The van der Waals surface area contributed by atoms with Crippen LogP contribution in [-0.4, -0.2) is 34.9 Å². The summed E-state index contributed by atoms with van der Waals surface area (Å²) in [6.45, 7) is 4.24. The van der Waals surface area contributed by atoms with E-state index in [1.807, 2.05) is 6.92 Å². The molecule has 0 radical (unpaired) electrons. The van der Waals surface area contributed by atoms with Gasteiger partial charge in [-0.15, -0.1) is 0 Å². The lowest BCUT2D eigenvalue weighted by Crippen LogP contribution is -2.27. The third-order valence-corrected chi connectivity index (χ3v) is 4.27. The Morgan fingerprint density at radius 3 is 2.35 bits per heavy atom. The van der Waals surface area contributed by atoms with Crippen LogP contribution in [0.2, 0.25) is 0 Å². The molecule has 0 unspecified atom stereocenters. The van der Waals surface area contributed by atoms with Gasteiger partial charge in [-0.05, 0) is 43.7 Å². The standard InChI is InChI=1S/C23H23N3O5/c1-3-30-18-12-10-16(11-13-18)14-20(27)24-19-15-21(28)26(17-8-6-5-7-9-17)25-22(19)23(29)31-4-2/h5-13,15H,3-4,14H2,1-2H3,(H,24,27). The highest BCUT2D eigenvalue weighted by Gasteiger charge is 2.20. The van der Waals surface area contributed by atoms with Crippen LogP contribution in [0.5, 0.6) is 5.75 Å². The van der Waals surface area contributed by atoms with Gasteiger partial charge in [0.15, 0.2) is 5.69 Å². The molecule has 0 aliphatic carbocycles. The molecule has 31 heavy (non-hydrogen) atoms. The van der Waals surface area contributed by atoms with Crippen LogP contribution in [0.25, 0.3) is 5.69 Å². The fraction of sp³-hybridized carbons (Fsp3) is 0.217. The Balaban J connectivity index is 1.86. The van der Waals surface area contributed by atoms with E-state index in [1.54, 1.807) is 61.5 Å². The van der Waals surface area contributed by atoms with Gasteiger partial charge in [0.2, 0.25) is 5.91 Å². The molecule has 0 saturated heterocycles. The smallest absolute Gasteiger partial charge is 0.360 e. The van der Waals surface area contributed by atoms with Crippen LogP contribution in [0.1, 0.15) is 29.9 Å². The van der Waals surface area contributed by atoms with E-state index >= 15 is 0 Å². The number of carbonyl (C=O) groups excluding carboxylic acids is 2. The lowest BCUT2D eigenvalue weighted by molar-refractivity contribution is -0.115. The van der Waals surface area contributed by atoms with Gasteiger partial charge in [-0.1, -0.05) is 30.3 Å². The van der Waals surface area contributed by atoms with Gasteiger partial charge in [-0.25, -0.2) is 4.79 Å². The predicted molar refractivity (Wildman–Crippen MR) is 116 cm³/mol. The SMILES string of the molecule is CCOC(=O)c1nn(-c2ccccc2)c(=O)cc1NC(=O)Cc1ccc(OCC)cc1. The zero-order valence-electron chi connectivity index (χ0n) is 17.3. The molecule has 8 nitrogen and oxygen atoms in total. The van der Waals surface area contributed by atoms with Gasteiger partial charge in [0, 0.05) is 6.07 Å². The second-order valence-electron chi connectivity index (χ2n) is 6.51. The van der Waals surface area contributed by atoms with Crippen molar-refractivity contribution < 1.29 is 19.1 Å². The van der Waals surface area contributed by atoms with Crippen molar-refractivity contribution in [2.75, 3.05) is 18.5 Å². The van der Waals surface area contributed by atoms with Crippen LogP contribution < -0.4 is 15.6 Å². The normalized spacial score (nSPS) is 10.4. The van der Waals surface area contributed by atoms with E-state index in [0.29, 0.717) is 18.0 Å². The van der Waals surface area contributed by atoms with Gasteiger partial charge in [0.1, 0.15) is 5.75 Å². The summed E-state index contributed by atoms with van der Waals surface area (Å²) in [5.74, 6) is -0.415. The van der Waals surface area contributed by atoms with E-state index in [2.05, 4.69) is 10.4 Å². The highest BCUT2D eigenvalue weighted by Crippen LogP contribution is 2.16. The molecule has 0 atom stereocenters. The molecular weight excluding hydrogens is 398 g/mol. The summed E-state index contributed by atoms with van der Waals surface area (Å²) in [5.41, 5.74) is 0.613. The Bertz CT molecular complexity index is 1110. The molecule has 0 bridgehead atoms. The average Bonchev–Trinajstić information content (AvgIpc) is 2.76. The lowest BCUT2D eigenvalue weighted by Gasteiger charge is -2.12. The van der Waals surface area contributed by atoms with Crippen molar-refractivity contribution in [3.05, 3.63) is 82.3 Å². The van der Waals surface area contributed by atoms with E-state index in [4.69, 9.17) is 9.47 Å². The lowest BCUT2D eigenvalue weighted by atomic mass is 10.1. The van der Waals surface area contributed by atoms with Crippen LogP contribution in [0.15, 0.2) is 65.5 Å². The Morgan fingerprint density at radius 2 is 1.71 bits per heavy atom. The Hall–Kier alpha value is -3.94. The minimum absolute atomic E-state index is 0.00608. The molecule has 0 aliphatic heterocycles. The number of amides is 1. The van der Waals surface area contributed by atoms with Crippen molar-refractivity contribution in [2.24, 2.45) is 0 Å². The number of hydrogen-bond donors (Lipinski definition) is 1. The molecule has 0 spiro atoms. The number of anilines is 1. The second-order valence-corrected chi connectivity index (χ2v) is 6.51. The maximum Gasteiger partial charge on any atom is 0.360 e. The first-order chi connectivity index (χ1) is 15.0. The Morgan fingerprint density at radius 1 is 1.00 bits per heavy atom. The molecule has 3 aromatic rings. The number of rotatable bonds is 8. The first-order valence-corrected chi connectivity index (χ1v) is 9.90. The van der Waals surface area contributed by atoms with Crippen LogP contribution in [-0.2, 0) is 16.0 Å².